The molecule has 182 valence electrons. The molecular weight excluding hydrogens is 428 g/mol. The summed E-state index contributed by atoms with van der Waals surface area (Å²) in [4.78, 5) is 0. The second-order valence-electron chi connectivity index (χ2n) is 8.39. The fourth-order valence-corrected chi connectivity index (χ4v) is 3.62. The van der Waals surface area contributed by atoms with Crippen LogP contribution < -0.4 is 0 Å². The normalized spacial score (nSPS) is 38.7. The first-order chi connectivity index (χ1) is 15.1. The van der Waals surface area contributed by atoms with E-state index < -0.39 is 55.3 Å². The van der Waals surface area contributed by atoms with Gasteiger partial charge in [0.25, 0.3) is 0 Å². The molecule has 0 bridgehead atoms. The van der Waals surface area contributed by atoms with Gasteiger partial charge in [-0.3, -0.25) is 0 Å². The van der Waals surface area contributed by atoms with Crippen LogP contribution in [0.5, 0.6) is 5.75 Å². The van der Waals surface area contributed by atoms with Crippen molar-refractivity contribution in [3.05, 3.63) is 29.8 Å². The lowest BCUT2D eigenvalue weighted by atomic mass is 9.99. The van der Waals surface area contributed by atoms with Crippen LogP contribution in [0.15, 0.2) is 24.3 Å². The third-order valence-electron chi connectivity index (χ3n) is 5.82. The van der Waals surface area contributed by atoms with Gasteiger partial charge in [-0.25, -0.2) is 0 Å². The monoisotopic (exact) mass is 460 g/mol. The Morgan fingerprint density at radius 3 is 2.38 bits per heavy atom. The van der Waals surface area contributed by atoms with E-state index in [2.05, 4.69) is 0 Å². The maximum atomic E-state index is 10.3. The fourth-order valence-electron chi connectivity index (χ4n) is 3.62. The molecule has 0 aliphatic carbocycles. The summed E-state index contributed by atoms with van der Waals surface area (Å²) in [6, 6.07) is 6.75. The minimum absolute atomic E-state index is 0.175. The molecule has 2 fully saturated rings. The van der Waals surface area contributed by atoms with E-state index in [1.165, 1.54) is 0 Å². The topological polar surface area (TPSA) is 179 Å². The Morgan fingerprint density at radius 1 is 1.06 bits per heavy atom. The van der Waals surface area contributed by atoms with Gasteiger partial charge in [0.05, 0.1) is 25.9 Å². The third kappa shape index (κ3) is 5.75. The minimum Gasteiger partial charge on any atom is -0.508 e. The molecule has 0 amide bonds. The summed E-state index contributed by atoms with van der Waals surface area (Å²) in [5, 5.41) is 69.3. The molecule has 1 aromatic carbocycles. The number of aliphatic hydroxyl groups excluding tert-OH is 5. The highest BCUT2D eigenvalue weighted by Gasteiger charge is 2.50. The van der Waals surface area contributed by atoms with Gasteiger partial charge in [-0.15, -0.1) is 0 Å². The van der Waals surface area contributed by atoms with Gasteiger partial charge in [0.2, 0.25) is 0 Å². The molecular formula is C21H32O11. The van der Waals surface area contributed by atoms with E-state index in [1.807, 2.05) is 0 Å². The maximum Gasteiger partial charge on any atom is 0.186 e. The number of phenols is 1. The van der Waals surface area contributed by atoms with E-state index in [9.17, 15) is 35.7 Å². The van der Waals surface area contributed by atoms with Crippen LogP contribution in [0.25, 0.3) is 0 Å². The van der Waals surface area contributed by atoms with Gasteiger partial charge >= 0.3 is 0 Å². The molecule has 0 radical (unpaired) electrons. The lowest BCUT2D eigenvalue weighted by Crippen LogP contribution is -2.60. The van der Waals surface area contributed by atoms with Crippen molar-refractivity contribution in [1.29, 1.82) is 0 Å². The van der Waals surface area contributed by atoms with Crippen molar-refractivity contribution < 1.29 is 54.7 Å². The third-order valence-corrected chi connectivity index (χ3v) is 5.82. The summed E-state index contributed by atoms with van der Waals surface area (Å²) >= 11 is 0. The number of aliphatic hydroxyl groups is 6. The molecule has 11 nitrogen and oxygen atoms in total. The van der Waals surface area contributed by atoms with Crippen LogP contribution in [0.1, 0.15) is 18.9 Å². The predicted octanol–water partition coefficient (Wildman–Crippen LogP) is -2.01. The van der Waals surface area contributed by atoms with E-state index >= 15 is 0 Å². The Balaban J connectivity index is 1.52. The van der Waals surface area contributed by atoms with E-state index in [0.29, 0.717) is 12.8 Å². The van der Waals surface area contributed by atoms with Crippen LogP contribution >= 0.6 is 0 Å². The van der Waals surface area contributed by atoms with Gasteiger partial charge < -0.3 is 54.7 Å². The number of ether oxygens (including phenoxy) is 4. The highest BCUT2D eigenvalue weighted by atomic mass is 16.7. The number of hydrogen-bond donors (Lipinski definition) is 7. The standard InChI is InChI=1S/C21H32O11/c1-11(2-3-12-4-6-13(23)7-5-12)31-19-17(26)16(25)15(24)14(32-19)8-29-20-18(27)21(28,9-22)10-30-20/h4-7,11,14-20,22-28H,2-3,8-10H2,1H3/t11-,14-,15+,16-,17-,18+,19-,20-,21-/m1/s1. The maximum absolute atomic E-state index is 10.3. The summed E-state index contributed by atoms with van der Waals surface area (Å²) in [5.74, 6) is 0.175. The molecule has 2 saturated heterocycles. The zero-order chi connectivity index (χ0) is 23.5. The van der Waals surface area contributed by atoms with Crippen LogP contribution in [0.2, 0.25) is 0 Å². The lowest BCUT2D eigenvalue weighted by Gasteiger charge is -2.41. The van der Waals surface area contributed by atoms with Crippen molar-refractivity contribution in [2.24, 2.45) is 0 Å². The minimum atomic E-state index is -1.86. The summed E-state index contributed by atoms with van der Waals surface area (Å²) in [5.41, 5.74) is -0.867. The summed E-state index contributed by atoms with van der Waals surface area (Å²) < 4.78 is 21.9. The van der Waals surface area contributed by atoms with Gasteiger partial charge in [0.1, 0.15) is 41.9 Å². The average molecular weight is 460 g/mol. The lowest BCUT2D eigenvalue weighted by molar-refractivity contribution is -0.317. The average Bonchev–Trinajstić information content (AvgIpc) is 3.07. The molecule has 2 aliphatic heterocycles. The van der Waals surface area contributed by atoms with E-state index in [4.69, 9.17) is 18.9 Å². The van der Waals surface area contributed by atoms with Crippen molar-refractivity contribution in [2.45, 2.75) is 74.6 Å². The van der Waals surface area contributed by atoms with Crippen LogP contribution in [0.3, 0.4) is 0 Å². The van der Waals surface area contributed by atoms with Crippen molar-refractivity contribution in [2.75, 3.05) is 19.8 Å². The van der Waals surface area contributed by atoms with Crippen LogP contribution in [-0.4, -0.2) is 110 Å². The zero-order valence-electron chi connectivity index (χ0n) is 17.7. The van der Waals surface area contributed by atoms with Crippen LogP contribution in [0, 0.1) is 0 Å². The van der Waals surface area contributed by atoms with Crippen LogP contribution in [-0.2, 0) is 25.4 Å². The molecule has 3 rings (SSSR count). The molecule has 1 aromatic rings. The second-order valence-corrected chi connectivity index (χ2v) is 8.39. The first kappa shape index (κ1) is 25.2. The zero-order valence-corrected chi connectivity index (χ0v) is 17.7. The molecule has 0 unspecified atom stereocenters. The molecule has 9 atom stereocenters. The van der Waals surface area contributed by atoms with Crippen LogP contribution in [0.4, 0.5) is 0 Å². The molecule has 0 aromatic heterocycles. The first-order valence-corrected chi connectivity index (χ1v) is 10.5. The van der Waals surface area contributed by atoms with E-state index in [-0.39, 0.29) is 25.1 Å². The second kappa shape index (κ2) is 10.7. The Kier molecular flexibility index (Phi) is 8.44. The number of aromatic hydroxyl groups is 1. The number of benzene rings is 1. The SMILES string of the molecule is C[C@H](CCc1ccc(O)cc1)O[C@@H]1O[C@H](CO[C@@H]2OC[C@](O)(CO)[C@H]2O)[C@H](O)[C@@H](O)[C@H]1O. The molecule has 11 heteroatoms. The predicted molar refractivity (Wildman–Crippen MR) is 107 cm³/mol. The largest absolute Gasteiger partial charge is 0.508 e. The molecule has 2 aliphatic rings. The summed E-state index contributed by atoms with van der Waals surface area (Å²) in [6.45, 7) is 0.377. The first-order valence-electron chi connectivity index (χ1n) is 10.5. The molecule has 2 heterocycles. The molecule has 0 saturated carbocycles. The molecule has 0 spiro atoms. The number of phenolic OH excluding ortho intramolecular Hbond substituents is 1. The Bertz CT molecular complexity index is 716. The van der Waals surface area contributed by atoms with Gasteiger partial charge in [-0.05, 0) is 37.5 Å². The Hall–Kier alpha value is -1.38. The van der Waals surface area contributed by atoms with Gasteiger partial charge in [0, 0.05) is 0 Å². The fraction of sp³-hybridized carbons (Fsp3) is 0.714. The molecule has 7 N–H and O–H groups in total. The van der Waals surface area contributed by atoms with Gasteiger partial charge in [-0.1, -0.05) is 12.1 Å². The van der Waals surface area contributed by atoms with E-state index in [0.717, 1.165) is 5.56 Å². The summed E-state index contributed by atoms with van der Waals surface area (Å²) in [7, 11) is 0. The van der Waals surface area contributed by atoms with E-state index in [1.54, 1.807) is 31.2 Å². The van der Waals surface area contributed by atoms with Crippen molar-refractivity contribution in [3.63, 3.8) is 0 Å². The van der Waals surface area contributed by atoms with Crippen molar-refractivity contribution in [3.8, 4) is 5.75 Å². The molecule has 32 heavy (non-hydrogen) atoms. The highest BCUT2D eigenvalue weighted by molar-refractivity contribution is 5.25. The number of aryl methyl sites for hydroxylation is 1. The highest BCUT2D eigenvalue weighted by Crippen LogP contribution is 2.28. The van der Waals surface area contributed by atoms with Crippen molar-refractivity contribution in [1.82, 2.24) is 0 Å². The number of rotatable bonds is 9. The quantitative estimate of drug-likeness (QED) is 0.217. The van der Waals surface area contributed by atoms with Crippen molar-refractivity contribution >= 4 is 0 Å². The number of hydrogen-bond acceptors (Lipinski definition) is 11. The van der Waals surface area contributed by atoms with Gasteiger partial charge in [-0.2, -0.15) is 0 Å². The Labute approximate surface area is 185 Å². The Morgan fingerprint density at radius 2 is 1.75 bits per heavy atom. The smallest absolute Gasteiger partial charge is 0.186 e. The van der Waals surface area contributed by atoms with Gasteiger partial charge in [0.15, 0.2) is 12.6 Å². The summed E-state index contributed by atoms with van der Waals surface area (Å²) in [6.07, 6.45) is -8.83.